The molecule has 0 radical (unpaired) electrons. The average molecular weight is 386 g/mol. The van der Waals surface area contributed by atoms with Crippen molar-refractivity contribution in [2.75, 3.05) is 0 Å². The second-order valence-electron chi connectivity index (χ2n) is 7.06. The number of benzene rings is 2. The highest BCUT2D eigenvalue weighted by Crippen LogP contribution is 2.34. The van der Waals surface area contributed by atoms with Gasteiger partial charge in [-0.3, -0.25) is 0 Å². The summed E-state index contributed by atoms with van der Waals surface area (Å²) in [6, 6.07) is 17.2. The summed E-state index contributed by atoms with van der Waals surface area (Å²) in [6.07, 6.45) is -1.38. The van der Waals surface area contributed by atoms with Crippen LogP contribution >= 0.6 is 0 Å². The quantitative estimate of drug-likeness (QED) is 0.407. The zero-order valence-corrected chi connectivity index (χ0v) is 15.8. The molecule has 0 amide bonds. The molecule has 0 fully saturated rings. The van der Waals surface area contributed by atoms with E-state index in [4.69, 9.17) is 0 Å². The van der Waals surface area contributed by atoms with Gasteiger partial charge in [-0.2, -0.15) is 0 Å². The van der Waals surface area contributed by atoms with E-state index in [1.54, 1.807) is 60.7 Å². The molecule has 6 heteroatoms. The maximum Gasteiger partial charge on any atom is 0.142 e. The van der Waals surface area contributed by atoms with Crippen LogP contribution in [0.4, 0.5) is 0 Å². The Balaban J connectivity index is 2.28. The first-order valence-electron chi connectivity index (χ1n) is 8.79. The molecule has 0 aliphatic rings. The monoisotopic (exact) mass is 386 g/mol. The molecule has 6 N–H and O–H groups in total. The molecule has 2 aromatic rings. The number of aliphatic hydroxyl groups excluding tert-OH is 4. The van der Waals surface area contributed by atoms with Crippen molar-refractivity contribution in [1.29, 1.82) is 0 Å². The first-order chi connectivity index (χ1) is 13.1. The van der Waals surface area contributed by atoms with Crippen LogP contribution < -0.4 is 0 Å². The molecule has 0 heterocycles. The molecule has 2 aromatic carbocycles. The van der Waals surface area contributed by atoms with Crippen LogP contribution in [0.1, 0.15) is 25.0 Å². The van der Waals surface area contributed by atoms with E-state index in [9.17, 15) is 30.6 Å². The number of hydrogen-bond acceptors (Lipinski definition) is 6. The van der Waals surface area contributed by atoms with Crippen LogP contribution in [-0.2, 0) is 0 Å². The van der Waals surface area contributed by atoms with Gasteiger partial charge in [-0.15, -0.1) is 0 Å². The Morgan fingerprint density at radius 1 is 0.679 bits per heavy atom. The van der Waals surface area contributed by atoms with Crippen LogP contribution in [0.2, 0.25) is 0 Å². The van der Waals surface area contributed by atoms with Gasteiger partial charge in [0.15, 0.2) is 0 Å². The van der Waals surface area contributed by atoms with Gasteiger partial charge in [0.2, 0.25) is 0 Å². The molecule has 0 unspecified atom stereocenters. The third kappa shape index (κ3) is 4.61. The van der Waals surface area contributed by atoms with Gasteiger partial charge < -0.3 is 30.6 Å². The molecule has 0 aliphatic carbocycles. The lowest BCUT2D eigenvalue weighted by atomic mass is 9.76. The minimum absolute atomic E-state index is 0.571. The topological polar surface area (TPSA) is 121 Å². The van der Waals surface area contributed by atoms with E-state index in [1.165, 1.54) is 12.2 Å². The Hall–Kier alpha value is -2.64. The van der Waals surface area contributed by atoms with Crippen LogP contribution in [0, 0.1) is 0 Å². The first-order valence-corrected chi connectivity index (χ1v) is 8.79. The fraction of sp³-hybridized carbons (Fsp3) is 0.273. The molecule has 2 rings (SSSR count). The molecule has 0 saturated carbocycles. The van der Waals surface area contributed by atoms with E-state index in [1.807, 2.05) is 0 Å². The molecule has 0 aromatic heterocycles. The first kappa shape index (κ1) is 21.7. The molecule has 28 heavy (non-hydrogen) atoms. The van der Waals surface area contributed by atoms with Gasteiger partial charge in [0.1, 0.15) is 34.9 Å². The van der Waals surface area contributed by atoms with Gasteiger partial charge >= 0.3 is 0 Å². The lowest BCUT2D eigenvalue weighted by Crippen LogP contribution is -2.64. The van der Waals surface area contributed by atoms with Crippen molar-refractivity contribution in [3.8, 4) is 0 Å². The van der Waals surface area contributed by atoms with E-state index in [2.05, 4.69) is 0 Å². The molecular weight excluding hydrogens is 360 g/mol. The van der Waals surface area contributed by atoms with Gasteiger partial charge in [0, 0.05) is 0 Å². The average Bonchev–Trinajstić information content (AvgIpc) is 2.68. The third-order valence-corrected chi connectivity index (χ3v) is 4.88. The smallest absolute Gasteiger partial charge is 0.142 e. The number of aliphatic hydroxyl groups is 6. The molecule has 0 aliphatic heterocycles. The zero-order valence-electron chi connectivity index (χ0n) is 15.8. The summed E-state index contributed by atoms with van der Waals surface area (Å²) < 4.78 is 0. The lowest BCUT2D eigenvalue weighted by Gasteiger charge is -2.43. The predicted octanol–water partition coefficient (Wildman–Crippen LogP) is 2.41. The second kappa shape index (κ2) is 8.58. The maximum absolute atomic E-state index is 10.7. The molecule has 0 bridgehead atoms. The van der Waals surface area contributed by atoms with Crippen molar-refractivity contribution in [3.05, 3.63) is 83.3 Å². The molecule has 4 atom stereocenters. The van der Waals surface area contributed by atoms with Crippen LogP contribution in [0.25, 0.3) is 12.2 Å². The minimum atomic E-state index is -2.40. The highest BCUT2D eigenvalue weighted by atomic mass is 16.4. The fourth-order valence-corrected chi connectivity index (χ4v) is 2.73. The van der Waals surface area contributed by atoms with Crippen molar-refractivity contribution in [2.45, 2.75) is 37.3 Å². The van der Waals surface area contributed by atoms with Gasteiger partial charge in [0.25, 0.3) is 0 Å². The van der Waals surface area contributed by atoms with E-state index in [0.29, 0.717) is 11.1 Å². The molecule has 0 spiro atoms. The lowest BCUT2D eigenvalue weighted by molar-refractivity contribution is -0.216. The summed E-state index contributed by atoms with van der Waals surface area (Å²) in [7, 11) is 0. The van der Waals surface area contributed by atoms with Crippen LogP contribution in [0.3, 0.4) is 0 Å². The molecule has 150 valence electrons. The molecular formula is C22H26O6. The summed E-state index contributed by atoms with van der Waals surface area (Å²) in [5, 5.41) is 62.7. The predicted molar refractivity (Wildman–Crippen MR) is 107 cm³/mol. The van der Waals surface area contributed by atoms with Crippen molar-refractivity contribution in [1.82, 2.24) is 0 Å². The largest absolute Gasteiger partial charge is 0.509 e. The van der Waals surface area contributed by atoms with Crippen LogP contribution in [0.5, 0.6) is 0 Å². The molecule has 6 nitrogen and oxygen atoms in total. The highest BCUT2D eigenvalue weighted by Gasteiger charge is 2.54. The van der Waals surface area contributed by atoms with E-state index < -0.39 is 34.9 Å². The Morgan fingerprint density at radius 3 is 1.25 bits per heavy atom. The Morgan fingerprint density at radius 2 is 0.964 bits per heavy atom. The minimum Gasteiger partial charge on any atom is -0.509 e. The van der Waals surface area contributed by atoms with Gasteiger partial charge in [-0.1, -0.05) is 60.7 Å². The SMILES string of the molecule is C[C@@](O)([C@H](O)C(O)=Cc1ccccc1)[C@](C)(O)[C@@H](O)C(O)=Cc1ccccc1. The standard InChI is InChI=1S/C22H26O6/c1-21(27,19(25)17(23)13-15-9-5-3-6-10-15)22(2,28)20(26)18(24)14-16-11-7-4-8-12-16/h3-14,19-20,23-28H,1-2H3/t19-,20+,21-,22-/m1/s1. The van der Waals surface area contributed by atoms with Crippen LogP contribution in [0.15, 0.2) is 72.2 Å². The highest BCUT2D eigenvalue weighted by molar-refractivity contribution is 5.53. The van der Waals surface area contributed by atoms with Gasteiger partial charge in [-0.25, -0.2) is 0 Å². The van der Waals surface area contributed by atoms with Crippen molar-refractivity contribution in [2.24, 2.45) is 0 Å². The maximum atomic E-state index is 10.7. The van der Waals surface area contributed by atoms with Crippen molar-refractivity contribution >= 4 is 12.2 Å². The normalized spacial score (nSPS) is 19.4. The van der Waals surface area contributed by atoms with E-state index in [-0.39, 0.29) is 0 Å². The number of rotatable bonds is 7. The zero-order chi connectivity index (χ0) is 20.9. The Bertz CT molecular complexity index is 753. The fourth-order valence-electron chi connectivity index (χ4n) is 2.73. The van der Waals surface area contributed by atoms with Gasteiger partial charge in [-0.05, 0) is 37.1 Å². The van der Waals surface area contributed by atoms with E-state index >= 15 is 0 Å². The number of hydrogen-bond donors (Lipinski definition) is 6. The van der Waals surface area contributed by atoms with E-state index in [0.717, 1.165) is 13.8 Å². The Labute approximate surface area is 164 Å². The summed E-state index contributed by atoms with van der Waals surface area (Å²) in [5.74, 6) is -1.20. The second-order valence-corrected chi connectivity index (χ2v) is 7.06. The summed E-state index contributed by atoms with van der Waals surface area (Å²) in [6.45, 7) is 2.12. The van der Waals surface area contributed by atoms with Crippen LogP contribution in [-0.4, -0.2) is 54.0 Å². The Kier molecular flexibility index (Phi) is 6.64. The summed E-state index contributed by atoms with van der Waals surface area (Å²) in [5.41, 5.74) is -3.66. The van der Waals surface area contributed by atoms with Crippen molar-refractivity contribution < 1.29 is 30.6 Å². The molecule has 0 saturated heterocycles. The van der Waals surface area contributed by atoms with Gasteiger partial charge in [0.05, 0.1) is 0 Å². The summed E-state index contributed by atoms with van der Waals surface area (Å²) >= 11 is 0. The van der Waals surface area contributed by atoms with Crippen molar-refractivity contribution in [3.63, 3.8) is 0 Å². The third-order valence-electron chi connectivity index (χ3n) is 4.88. The summed E-state index contributed by atoms with van der Waals surface area (Å²) in [4.78, 5) is 0.